The van der Waals surface area contributed by atoms with Gasteiger partial charge in [0.1, 0.15) is 24.4 Å². The van der Waals surface area contributed by atoms with Gasteiger partial charge in [-0.25, -0.2) is 4.98 Å². The summed E-state index contributed by atoms with van der Waals surface area (Å²) in [6, 6.07) is 42.1. The molecule has 5 aromatic rings. The number of nitrogens with one attached hydrogen (secondary N) is 2. The van der Waals surface area contributed by atoms with Crippen molar-refractivity contribution in [2.24, 2.45) is 0 Å². The molecule has 0 spiro atoms. The third-order valence-corrected chi connectivity index (χ3v) is 8.14. The number of nitrogens with zero attached hydrogens (tertiary/aromatic N) is 3. The number of thiocarbonyl (C=S) groups is 1. The first-order valence-electron chi connectivity index (χ1n) is 15.8. The summed E-state index contributed by atoms with van der Waals surface area (Å²) in [5, 5.41) is 16.6. The molecule has 4 atom stereocenters. The van der Waals surface area contributed by atoms with Crippen LogP contribution in [0.2, 0.25) is 0 Å². The van der Waals surface area contributed by atoms with Gasteiger partial charge in [0.15, 0.2) is 22.9 Å². The van der Waals surface area contributed by atoms with Crippen molar-refractivity contribution in [2.75, 3.05) is 11.9 Å². The second kappa shape index (κ2) is 16.8. The van der Waals surface area contributed by atoms with E-state index in [4.69, 9.17) is 31.2 Å². The Balaban J connectivity index is 1.19. The van der Waals surface area contributed by atoms with E-state index in [1.807, 2.05) is 121 Å². The van der Waals surface area contributed by atoms with Crippen LogP contribution in [0.3, 0.4) is 0 Å². The Morgan fingerprint density at radius 3 is 1.83 bits per heavy atom. The minimum Gasteiger partial charge on any atom is -0.374 e. The van der Waals surface area contributed by atoms with E-state index in [1.54, 1.807) is 10.9 Å². The molecule has 1 fully saturated rings. The van der Waals surface area contributed by atoms with Gasteiger partial charge in [0, 0.05) is 6.54 Å². The van der Waals surface area contributed by atoms with Crippen molar-refractivity contribution >= 4 is 23.1 Å². The highest BCUT2D eigenvalue weighted by Gasteiger charge is 2.47. The number of anilines is 1. The van der Waals surface area contributed by atoms with Crippen molar-refractivity contribution in [3.8, 4) is 6.07 Å². The average molecular weight is 660 g/mol. The van der Waals surface area contributed by atoms with Gasteiger partial charge in [-0.05, 0) is 34.5 Å². The molecule has 48 heavy (non-hydrogen) atoms. The SMILES string of the molecule is N#Cc1c(NC(=S)NC2OC(COCc3ccccc3)C(OCc3ccccc3)C2OCc2ccccc2)ncn1Cc1ccccc1. The van der Waals surface area contributed by atoms with Crippen molar-refractivity contribution in [3.05, 3.63) is 156 Å². The summed E-state index contributed by atoms with van der Waals surface area (Å²) in [6.07, 6.45) is -0.549. The lowest BCUT2D eigenvalue weighted by molar-refractivity contribution is -0.0899. The summed E-state index contributed by atoms with van der Waals surface area (Å²) in [5.41, 5.74) is 4.54. The number of aromatic nitrogens is 2. The van der Waals surface area contributed by atoms with Crippen LogP contribution in [0.15, 0.2) is 128 Å². The van der Waals surface area contributed by atoms with Gasteiger partial charge >= 0.3 is 0 Å². The van der Waals surface area contributed by atoms with Crippen LogP contribution in [0.25, 0.3) is 0 Å². The number of benzene rings is 4. The average Bonchev–Trinajstić information content (AvgIpc) is 3.66. The van der Waals surface area contributed by atoms with Gasteiger partial charge in [-0.2, -0.15) is 5.26 Å². The van der Waals surface area contributed by atoms with Crippen LogP contribution in [-0.2, 0) is 45.3 Å². The van der Waals surface area contributed by atoms with Crippen LogP contribution in [0, 0.1) is 11.3 Å². The van der Waals surface area contributed by atoms with Crippen molar-refractivity contribution < 1.29 is 18.9 Å². The van der Waals surface area contributed by atoms with Crippen molar-refractivity contribution in [1.82, 2.24) is 14.9 Å². The zero-order valence-corrected chi connectivity index (χ0v) is 27.2. The maximum absolute atomic E-state index is 9.98. The summed E-state index contributed by atoms with van der Waals surface area (Å²) >= 11 is 5.73. The number of nitriles is 1. The predicted octanol–water partition coefficient (Wildman–Crippen LogP) is 6.20. The quantitative estimate of drug-likeness (QED) is 0.135. The molecule has 1 aliphatic heterocycles. The maximum Gasteiger partial charge on any atom is 0.174 e. The fourth-order valence-electron chi connectivity index (χ4n) is 5.53. The van der Waals surface area contributed by atoms with Gasteiger partial charge in [-0.3, -0.25) is 0 Å². The van der Waals surface area contributed by atoms with E-state index < -0.39 is 24.5 Å². The highest BCUT2D eigenvalue weighted by Crippen LogP contribution is 2.28. The van der Waals surface area contributed by atoms with Gasteiger partial charge in [0.2, 0.25) is 0 Å². The van der Waals surface area contributed by atoms with Crippen LogP contribution >= 0.6 is 12.2 Å². The van der Waals surface area contributed by atoms with Gasteiger partial charge in [0.05, 0.1) is 32.8 Å². The maximum atomic E-state index is 9.98. The molecule has 6 rings (SSSR count). The monoisotopic (exact) mass is 659 g/mol. The molecule has 0 amide bonds. The summed E-state index contributed by atoms with van der Waals surface area (Å²) < 4.78 is 27.5. The lowest BCUT2D eigenvalue weighted by atomic mass is 10.1. The molecule has 2 heterocycles. The smallest absolute Gasteiger partial charge is 0.174 e. The van der Waals surface area contributed by atoms with E-state index in [2.05, 4.69) is 21.7 Å². The molecular weight excluding hydrogens is 623 g/mol. The molecule has 4 unspecified atom stereocenters. The van der Waals surface area contributed by atoms with E-state index in [1.165, 1.54) is 0 Å². The molecule has 0 bridgehead atoms. The third kappa shape index (κ3) is 8.92. The molecule has 244 valence electrons. The molecule has 1 saturated heterocycles. The van der Waals surface area contributed by atoms with E-state index in [0.29, 0.717) is 37.9 Å². The minimum atomic E-state index is -0.684. The molecular formula is C38H37N5O4S. The zero-order valence-electron chi connectivity index (χ0n) is 26.4. The zero-order chi connectivity index (χ0) is 33.0. The van der Waals surface area contributed by atoms with Crippen molar-refractivity contribution in [1.29, 1.82) is 5.26 Å². The second-order valence-electron chi connectivity index (χ2n) is 11.4. The van der Waals surface area contributed by atoms with Crippen LogP contribution in [0.4, 0.5) is 5.82 Å². The number of ether oxygens (including phenoxy) is 4. The summed E-state index contributed by atoms with van der Waals surface area (Å²) in [7, 11) is 0. The number of hydrogen-bond donors (Lipinski definition) is 2. The first-order chi connectivity index (χ1) is 23.7. The van der Waals surface area contributed by atoms with E-state index in [-0.39, 0.29) is 11.7 Å². The lowest BCUT2D eigenvalue weighted by Gasteiger charge is -2.26. The van der Waals surface area contributed by atoms with Gasteiger partial charge in [-0.15, -0.1) is 0 Å². The van der Waals surface area contributed by atoms with Crippen LogP contribution in [-0.4, -0.2) is 45.8 Å². The molecule has 1 aromatic heterocycles. The highest BCUT2D eigenvalue weighted by atomic mass is 32.1. The minimum absolute atomic E-state index is 0.238. The Morgan fingerprint density at radius 1 is 0.750 bits per heavy atom. The fraction of sp³-hybridized carbons (Fsp3) is 0.237. The van der Waals surface area contributed by atoms with E-state index in [9.17, 15) is 5.26 Å². The number of rotatable bonds is 14. The van der Waals surface area contributed by atoms with Gasteiger partial charge in [0.25, 0.3) is 0 Å². The van der Waals surface area contributed by atoms with Gasteiger partial charge in [-0.1, -0.05) is 121 Å². The Kier molecular flexibility index (Phi) is 11.6. The lowest BCUT2D eigenvalue weighted by Crippen LogP contribution is -2.47. The summed E-state index contributed by atoms with van der Waals surface area (Å²) in [4.78, 5) is 4.44. The number of imidazole rings is 1. The standard InChI is InChI=1S/C38H37N5O4S/c39-21-32-36(40-27-43(32)22-28-13-5-1-6-14-28)41-38(48)42-37-35(46-25-31-19-11-4-12-20-31)34(45-24-30-17-9-3-10-18-30)33(47-37)26-44-23-29-15-7-2-8-16-29/h1-20,27,33-35,37H,22-26H2,(H2,41,42,48). The first-order valence-corrected chi connectivity index (χ1v) is 16.2. The van der Waals surface area contributed by atoms with Crippen molar-refractivity contribution in [3.63, 3.8) is 0 Å². The molecule has 0 saturated carbocycles. The fourth-order valence-corrected chi connectivity index (χ4v) is 5.74. The van der Waals surface area contributed by atoms with Crippen LogP contribution in [0.5, 0.6) is 0 Å². The summed E-state index contributed by atoms with van der Waals surface area (Å²) in [5.74, 6) is 0.352. The molecule has 0 aliphatic carbocycles. The largest absolute Gasteiger partial charge is 0.374 e. The third-order valence-electron chi connectivity index (χ3n) is 7.92. The molecule has 9 nitrogen and oxygen atoms in total. The van der Waals surface area contributed by atoms with Crippen molar-refractivity contribution in [2.45, 2.75) is 50.9 Å². The topological polar surface area (TPSA) is 103 Å². The molecule has 10 heteroatoms. The van der Waals surface area contributed by atoms with E-state index in [0.717, 1.165) is 22.3 Å². The van der Waals surface area contributed by atoms with Crippen LogP contribution < -0.4 is 10.6 Å². The Morgan fingerprint density at radius 2 is 1.27 bits per heavy atom. The summed E-state index contributed by atoms with van der Waals surface area (Å²) in [6.45, 7) is 1.93. The molecule has 2 N–H and O–H groups in total. The molecule has 1 aliphatic rings. The van der Waals surface area contributed by atoms with Gasteiger partial charge < -0.3 is 34.1 Å². The predicted molar refractivity (Wildman–Crippen MR) is 187 cm³/mol. The number of hydrogen-bond acceptors (Lipinski definition) is 7. The van der Waals surface area contributed by atoms with E-state index >= 15 is 0 Å². The Labute approximate surface area is 286 Å². The normalized spacial score (nSPS) is 18.6. The molecule has 4 aromatic carbocycles. The Hall–Kier alpha value is -4.89. The molecule has 0 radical (unpaired) electrons. The Bertz CT molecular complexity index is 1770. The highest BCUT2D eigenvalue weighted by molar-refractivity contribution is 7.80. The second-order valence-corrected chi connectivity index (χ2v) is 11.8. The first kappa shape index (κ1) is 33.0. The van der Waals surface area contributed by atoms with Crippen LogP contribution in [0.1, 0.15) is 27.9 Å².